The van der Waals surface area contributed by atoms with Crippen molar-refractivity contribution in [1.82, 2.24) is 4.98 Å². The molecule has 0 aliphatic rings. The predicted octanol–water partition coefficient (Wildman–Crippen LogP) is 5.41. The lowest BCUT2D eigenvalue weighted by molar-refractivity contribution is -0.143. The number of ether oxygens (including phenoxy) is 2. The van der Waals surface area contributed by atoms with Gasteiger partial charge in [-0.25, -0.2) is 9.37 Å². The number of pyridine rings is 1. The van der Waals surface area contributed by atoms with Crippen LogP contribution in [0.4, 0.5) is 36.4 Å². The van der Waals surface area contributed by atoms with Crippen LogP contribution in [-0.4, -0.2) is 23.9 Å². The first kappa shape index (κ1) is 26.2. The van der Waals surface area contributed by atoms with Crippen LogP contribution in [0.1, 0.15) is 32.0 Å². The van der Waals surface area contributed by atoms with Gasteiger partial charge in [-0.15, -0.1) is 0 Å². The van der Waals surface area contributed by atoms with Gasteiger partial charge in [-0.05, 0) is 36.4 Å². The van der Waals surface area contributed by atoms with Crippen LogP contribution in [0.2, 0.25) is 0 Å². The molecule has 7 nitrogen and oxygen atoms in total. The number of hydrogen-bond donors (Lipinski definition) is 2. The topological polar surface area (TPSA) is 104 Å². The third-order valence-electron chi connectivity index (χ3n) is 4.58. The number of anilines is 1. The summed E-state index contributed by atoms with van der Waals surface area (Å²) in [5.74, 6) is -5.23. The Morgan fingerprint density at radius 3 is 2.14 bits per heavy atom. The number of benzene rings is 2. The Balaban J connectivity index is 2.18. The Kier molecular flexibility index (Phi) is 7.08. The number of nitrogens with zero attached hydrogens (tertiary/aromatic N) is 1. The molecule has 0 unspecified atom stereocenters. The van der Waals surface area contributed by atoms with Gasteiger partial charge in [0, 0.05) is 6.07 Å². The molecule has 0 aliphatic heterocycles. The lowest BCUT2D eigenvalue weighted by Gasteiger charge is -2.20. The second kappa shape index (κ2) is 9.71. The number of carbonyl (C=O) groups is 2. The number of carbonyl (C=O) groups excluding carboxylic acids is 2. The molecule has 2 amide bonds. The minimum absolute atomic E-state index is 0.196. The van der Waals surface area contributed by atoms with Crippen molar-refractivity contribution in [2.45, 2.75) is 12.4 Å². The van der Waals surface area contributed by atoms with E-state index in [2.05, 4.69) is 10.3 Å². The first-order valence-corrected chi connectivity index (χ1v) is 9.61. The zero-order valence-electron chi connectivity index (χ0n) is 17.9. The Morgan fingerprint density at radius 1 is 0.917 bits per heavy atom. The van der Waals surface area contributed by atoms with E-state index in [0.717, 1.165) is 43.6 Å². The van der Waals surface area contributed by atoms with Crippen molar-refractivity contribution in [1.29, 1.82) is 0 Å². The highest BCUT2D eigenvalue weighted by Gasteiger charge is 2.42. The van der Waals surface area contributed by atoms with Crippen LogP contribution in [0.3, 0.4) is 0 Å². The number of nitrogens with one attached hydrogen (secondary N) is 1. The van der Waals surface area contributed by atoms with Gasteiger partial charge < -0.3 is 20.5 Å². The quantitative estimate of drug-likeness (QED) is 0.426. The van der Waals surface area contributed by atoms with Crippen LogP contribution in [-0.2, 0) is 12.4 Å². The number of hydrogen-bond acceptors (Lipinski definition) is 5. The zero-order chi connectivity index (χ0) is 26.8. The highest BCUT2D eigenvalue weighted by atomic mass is 19.4. The fourth-order valence-corrected chi connectivity index (χ4v) is 2.97. The Morgan fingerprint density at radius 2 is 1.61 bits per heavy atom. The Labute approximate surface area is 197 Å². The molecule has 1 heterocycles. The molecule has 0 radical (unpaired) electrons. The molecule has 1 aromatic heterocycles. The zero-order valence-corrected chi connectivity index (χ0v) is 17.9. The second-order valence-corrected chi connectivity index (χ2v) is 7.04. The minimum atomic E-state index is -5.42. The third-order valence-corrected chi connectivity index (χ3v) is 4.58. The van der Waals surface area contributed by atoms with Gasteiger partial charge in [0.05, 0.1) is 35.7 Å². The molecule has 0 aliphatic carbocycles. The van der Waals surface area contributed by atoms with Crippen LogP contribution < -0.4 is 20.5 Å². The van der Waals surface area contributed by atoms with E-state index in [1.54, 1.807) is 0 Å². The van der Waals surface area contributed by atoms with Crippen molar-refractivity contribution >= 4 is 17.5 Å². The van der Waals surface area contributed by atoms with Crippen molar-refractivity contribution in [2.75, 3.05) is 12.4 Å². The standard InChI is InChI=1S/C22H14F7N3O4/c1-35-16-8-11(23)2-5-15(16)36-17-7-10(21(24,25)26)6-13(22(27,28)29)18(17)20(34)32-12-3-4-14(19(30)33)31-9-12/h2-9H,1H3,(H2,30,33)(H,32,34). The first-order chi connectivity index (χ1) is 16.7. The summed E-state index contributed by atoms with van der Waals surface area (Å²) in [5.41, 5.74) is -0.389. The fourth-order valence-electron chi connectivity index (χ4n) is 2.97. The number of methoxy groups -OCH3 is 1. The molecule has 3 rings (SSSR count). The smallest absolute Gasteiger partial charge is 0.417 e. The van der Waals surface area contributed by atoms with Gasteiger partial charge in [0.1, 0.15) is 17.3 Å². The van der Waals surface area contributed by atoms with Crippen LogP contribution in [0, 0.1) is 5.82 Å². The number of primary amides is 1. The van der Waals surface area contributed by atoms with Crippen molar-refractivity contribution in [3.63, 3.8) is 0 Å². The van der Waals surface area contributed by atoms with E-state index in [1.165, 1.54) is 0 Å². The predicted molar refractivity (Wildman–Crippen MR) is 110 cm³/mol. The van der Waals surface area contributed by atoms with Gasteiger partial charge in [0.2, 0.25) is 0 Å². The molecular weight excluding hydrogens is 503 g/mol. The molecule has 0 bridgehead atoms. The van der Waals surface area contributed by atoms with E-state index in [0.29, 0.717) is 0 Å². The summed E-state index contributed by atoms with van der Waals surface area (Å²) >= 11 is 0. The van der Waals surface area contributed by atoms with E-state index < -0.39 is 58.2 Å². The molecule has 0 atom stereocenters. The van der Waals surface area contributed by atoms with Gasteiger partial charge in [-0.3, -0.25) is 9.59 Å². The van der Waals surface area contributed by atoms with Crippen molar-refractivity contribution in [2.24, 2.45) is 5.73 Å². The van der Waals surface area contributed by atoms with Crippen molar-refractivity contribution in [3.05, 3.63) is 76.9 Å². The van der Waals surface area contributed by atoms with E-state index in [-0.39, 0.29) is 29.3 Å². The lowest BCUT2D eigenvalue weighted by atomic mass is 10.0. The molecule has 0 saturated heterocycles. The number of amides is 2. The maximum absolute atomic E-state index is 13.8. The number of nitrogens with two attached hydrogens (primary N) is 1. The number of halogens is 7. The van der Waals surface area contributed by atoms with Gasteiger partial charge in [-0.2, -0.15) is 26.3 Å². The molecule has 0 fully saturated rings. The van der Waals surface area contributed by atoms with E-state index in [9.17, 15) is 40.3 Å². The van der Waals surface area contributed by atoms with Gasteiger partial charge in [0.15, 0.2) is 11.5 Å². The molecule has 36 heavy (non-hydrogen) atoms. The minimum Gasteiger partial charge on any atom is -0.493 e. The summed E-state index contributed by atoms with van der Waals surface area (Å²) in [4.78, 5) is 27.6. The molecular formula is C22H14F7N3O4. The third kappa shape index (κ3) is 5.82. The molecule has 190 valence electrons. The van der Waals surface area contributed by atoms with Gasteiger partial charge in [-0.1, -0.05) is 0 Å². The van der Waals surface area contributed by atoms with Crippen LogP contribution in [0.25, 0.3) is 0 Å². The monoisotopic (exact) mass is 517 g/mol. The summed E-state index contributed by atoms with van der Waals surface area (Å²) in [6, 6.07) is 4.61. The molecule has 3 N–H and O–H groups in total. The highest BCUT2D eigenvalue weighted by molar-refractivity contribution is 6.07. The molecule has 14 heteroatoms. The van der Waals surface area contributed by atoms with Crippen LogP contribution >= 0.6 is 0 Å². The van der Waals surface area contributed by atoms with Gasteiger partial charge in [0.25, 0.3) is 11.8 Å². The average Bonchev–Trinajstić information content (AvgIpc) is 2.78. The first-order valence-electron chi connectivity index (χ1n) is 9.61. The average molecular weight is 517 g/mol. The summed E-state index contributed by atoms with van der Waals surface area (Å²) in [7, 11) is 1.06. The lowest BCUT2D eigenvalue weighted by Crippen LogP contribution is -2.22. The largest absolute Gasteiger partial charge is 0.493 e. The van der Waals surface area contributed by atoms with Crippen LogP contribution in [0.5, 0.6) is 17.2 Å². The maximum atomic E-state index is 13.8. The van der Waals surface area contributed by atoms with Gasteiger partial charge >= 0.3 is 12.4 Å². The summed E-state index contributed by atoms with van der Waals surface area (Å²) in [6.45, 7) is 0. The fraction of sp³-hybridized carbons (Fsp3) is 0.136. The summed E-state index contributed by atoms with van der Waals surface area (Å²) < 4.78 is 105. The van der Waals surface area contributed by atoms with E-state index in [4.69, 9.17) is 15.2 Å². The normalized spacial score (nSPS) is 11.7. The SMILES string of the molecule is COc1cc(F)ccc1Oc1cc(C(F)(F)F)cc(C(F)(F)F)c1C(=O)Nc1ccc(C(N)=O)nc1. The molecule has 0 spiro atoms. The maximum Gasteiger partial charge on any atom is 0.417 e. The number of rotatable bonds is 6. The highest BCUT2D eigenvalue weighted by Crippen LogP contribution is 2.44. The summed E-state index contributed by atoms with van der Waals surface area (Å²) in [5, 5.41) is 2.05. The van der Waals surface area contributed by atoms with E-state index in [1.807, 2.05) is 0 Å². The van der Waals surface area contributed by atoms with Crippen molar-refractivity contribution in [3.8, 4) is 17.2 Å². The molecule has 3 aromatic rings. The van der Waals surface area contributed by atoms with Crippen LogP contribution in [0.15, 0.2) is 48.7 Å². The second-order valence-electron chi connectivity index (χ2n) is 7.04. The number of alkyl halides is 6. The molecule has 2 aromatic carbocycles. The Bertz CT molecular complexity index is 1310. The summed E-state index contributed by atoms with van der Waals surface area (Å²) in [6.07, 6.45) is -9.76. The number of aromatic nitrogens is 1. The molecule has 0 saturated carbocycles. The Hall–Kier alpha value is -4.36. The van der Waals surface area contributed by atoms with E-state index >= 15 is 0 Å². The van der Waals surface area contributed by atoms with Crippen molar-refractivity contribution < 1.29 is 49.8 Å².